The summed E-state index contributed by atoms with van der Waals surface area (Å²) < 4.78 is 11.3. The first kappa shape index (κ1) is 14.7. The van der Waals surface area contributed by atoms with Crippen LogP contribution in [-0.4, -0.2) is 24.3 Å². The Labute approximate surface area is 119 Å². The van der Waals surface area contributed by atoms with Gasteiger partial charge < -0.3 is 14.6 Å². The number of hydrogen-bond donors (Lipinski definition) is 1. The zero-order valence-corrected chi connectivity index (χ0v) is 12.3. The SMILES string of the molecule is COc1cccc(C(CC(=O)O)C2CC2)c1OC(C)C. The van der Waals surface area contributed by atoms with Crippen molar-refractivity contribution >= 4 is 5.97 Å². The molecule has 1 aliphatic rings. The lowest BCUT2D eigenvalue weighted by Gasteiger charge is -2.22. The highest BCUT2D eigenvalue weighted by Crippen LogP contribution is 2.49. The van der Waals surface area contributed by atoms with E-state index in [1.807, 2.05) is 32.0 Å². The smallest absolute Gasteiger partial charge is 0.303 e. The maximum atomic E-state index is 11.1. The number of para-hydroxylation sites is 1. The molecule has 4 nitrogen and oxygen atoms in total. The van der Waals surface area contributed by atoms with Gasteiger partial charge in [-0.2, -0.15) is 0 Å². The lowest BCUT2D eigenvalue weighted by Crippen LogP contribution is -2.13. The summed E-state index contributed by atoms with van der Waals surface area (Å²) in [5.74, 6) is 1.07. The molecule has 4 heteroatoms. The predicted molar refractivity (Wildman–Crippen MR) is 76.5 cm³/mol. The summed E-state index contributed by atoms with van der Waals surface area (Å²) in [5, 5.41) is 9.15. The van der Waals surface area contributed by atoms with Gasteiger partial charge in [0.1, 0.15) is 0 Å². The number of carboxylic acid groups (broad SMARTS) is 1. The fourth-order valence-corrected chi connectivity index (χ4v) is 2.56. The topological polar surface area (TPSA) is 55.8 Å². The first-order valence-electron chi connectivity index (χ1n) is 7.08. The van der Waals surface area contributed by atoms with Crippen molar-refractivity contribution in [1.29, 1.82) is 0 Å². The van der Waals surface area contributed by atoms with Crippen molar-refractivity contribution < 1.29 is 19.4 Å². The number of rotatable bonds is 7. The molecule has 1 fully saturated rings. The first-order chi connectivity index (χ1) is 9.52. The van der Waals surface area contributed by atoms with E-state index in [1.54, 1.807) is 7.11 Å². The van der Waals surface area contributed by atoms with Crippen LogP contribution in [-0.2, 0) is 4.79 Å². The Hall–Kier alpha value is -1.71. The zero-order valence-electron chi connectivity index (χ0n) is 12.3. The van der Waals surface area contributed by atoms with Gasteiger partial charge in [0.05, 0.1) is 19.6 Å². The Bertz CT molecular complexity index is 477. The molecule has 1 aromatic carbocycles. The molecule has 20 heavy (non-hydrogen) atoms. The van der Waals surface area contributed by atoms with Crippen molar-refractivity contribution in [3.05, 3.63) is 23.8 Å². The molecule has 0 amide bonds. The molecule has 0 aliphatic heterocycles. The average molecular weight is 278 g/mol. The minimum Gasteiger partial charge on any atom is -0.493 e. The second-order valence-electron chi connectivity index (χ2n) is 5.59. The Morgan fingerprint density at radius 1 is 1.40 bits per heavy atom. The molecule has 1 atom stereocenters. The van der Waals surface area contributed by atoms with Gasteiger partial charge in [0.2, 0.25) is 0 Å². The van der Waals surface area contributed by atoms with Crippen LogP contribution in [0.5, 0.6) is 11.5 Å². The summed E-state index contributed by atoms with van der Waals surface area (Å²) in [6.45, 7) is 3.92. The van der Waals surface area contributed by atoms with Crippen LogP contribution in [0.3, 0.4) is 0 Å². The van der Waals surface area contributed by atoms with Crippen LogP contribution in [0.2, 0.25) is 0 Å². The van der Waals surface area contributed by atoms with Crippen molar-refractivity contribution in [1.82, 2.24) is 0 Å². The highest BCUT2D eigenvalue weighted by molar-refractivity contribution is 5.69. The summed E-state index contributed by atoms with van der Waals surface area (Å²) in [5.41, 5.74) is 0.961. The highest BCUT2D eigenvalue weighted by Gasteiger charge is 2.36. The van der Waals surface area contributed by atoms with Crippen LogP contribution in [0.15, 0.2) is 18.2 Å². The number of carboxylic acids is 1. The van der Waals surface area contributed by atoms with Gasteiger partial charge in [0, 0.05) is 11.5 Å². The summed E-state index contributed by atoms with van der Waals surface area (Å²) in [6.07, 6.45) is 2.36. The molecule has 1 aromatic rings. The Balaban J connectivity index is 2.38. The number of methoxy groups -OCH3 is 1. The van der Waals surface area contributed by atoms with Gasteiger partial charge in [-0.05, 0) is 38.7 Å². The number of ether oxygens (including phenoxy) is 2. The maximum Gasteiger partial charge on any atom is 0.303 e. The van der Waals surface area contributed by atoms with Crippen LogP contribution >= 0.6 is 0 Å². The molecule has 0 bridgehead atoms. The van der Waals surface area contributed by atoms with Gasteiger partial charge >= 0.3 is 5.97 Å². The van der Waals surface area contributed by atoms with Gasteiger partial charge in [0.15, 0.2) is 11.5 Å². The third-order valence-electron chi connectivity index (χ3n) is 3.57. The van der Waals surface area contributed by atoms with Gasteiger partial charge in [-0.3, -0.25) is 4.79 Å². The van der Waals surface area contributed by atoms with Crippen molar-refractivity contribution in [2.45, 2.75) is 45.1 Å². The van der Waals surface area contributed by atoms with Crippen LogP contribution < -0.4 is 9.47 Å². The fraction of sp³-hybridized carbons (Fsp3) is 0.562. The quantitative estimate of drug-likeness (QED) is 0.830. The minimum atomic E-state index is -0.764. The van der Waals surface area contributed by atoms with E-state index >= 15 is 0 Å². The van der Waals surface area contributed by atoms with E-state index in [-0.39, 0.29) is 18.4 Å². The zero-order chi connectivity index (χ0) is 14.7. The van der Waals surface area contributed by atoms with Crippen molar-refractivity contribution in [3.8, 4) is 11.5 Å². The normalized spacial score (nSPS) is 16.0. The van der Waals surface area contributed by atoms with E-state index in [1.165, 1.54) is 0 Å². The molecule has 1 saturated carbocycles. The Kier molecular flexibility index (Phi) is 4.53. The summed E-state index contributed by atoms with van der Waals surface area (Å²) >= 11 is 0. The summed E-state index contributed by atoms with van der Waals surface area (Å²) in [4.78, 5) is 11.1. The van der Waals surface area contributed by atoms with Crippen LogP contribution in [0.1, 0.15) is 44.6 Å². The Morgan fingerprint density at radius 2 is 2.10 bits per heavy atom. The van der Waals surface area contributed by atoms with E-state index in [2.05, 4.69) is 0 Å². The summed E-state index contributed by atoms with van der Waals surface area (Å²) in [6, 6.07) is 5.72. The van der Waals surface area contributed by atoms with Gasteiger partial charge in [-0.25, -0.2) is 0 Å². The lowest BCUT2D eigenvalue weighted by atomic mass is 9.90. The first-order valence-corrected chi connectivity index (χ1v) is 7.08. The van der Waals surface area contributed by atoms with E-state index in [0.29, 0.717) is 17.4 Å². The van der Waals surface area contributed by atoms with Crippen LogP contribution in [0.25, 0.3) is 0 Å². The van der Waals surface area contributed by atoms with Gasteiger partial charge in [-0.15, -0.1) is 0 Å². The molecule has 2 rings (SSSR count). The molecule has 1 N–H and O–H groups in total. The standard InChI is InChI=1S/C16H22O4/c1-10(2)20-16-12(5-4-6-14(16)19-3)13(9-15(17)18)11-7-8-11/h4-6,10-11,13H,7-9H2,1-3H3,(H,17,18). The van der Waals surface area contributed by atoms with Gasteiger partial charge in [0.25, 0.3) is 0 Å². The van der Waals surface area contributed by atoms with Crippen molar-refractivity contribution in [3.63, 3.8) is 0 Å². The molecule has 110 valence electrons. The average Bonchev–Trinajstić information content (AvgIpc) is 3.20. The third kappa shape index (κ3) is 3.44. The van der Waals surface area contributed by atoms with Crippen LogP contribution in [0, 0.1) is 5.92 Å². The monoisotopic (exact) mass is 278 g/mol. The highest BCUT2D eigenvalue weighted by atomic mass is 16.5. The van der Waals surface area contributed by atoms with E-state index < -0.39 is 5.97 Å². The lowest BCUT2D eigenvalue weighted by molar-refractivity contribution is -0.137. The molecule has 1 unspecified atom stereocenters. The molecule has 0 radical (unpaired) electrons. The second-order valence-corrected chi connectivity index (χ2v) is 5.59. The Morgan fingerprint density at radius 3 is 2.60 bits per heavy atom. The molecule has 1 aliphatic carbocycles. The van der Waals surface area contributed by atoms with E-state index in [4.69, 9.17) is 14.6 Å². The largest absolute Gasteiger partial charge is 0.493 e. The van der Waals surface area contributed by atoms with Gasteiger partial charge in [-0.1, -0.05) is 12.1 Å². The number of aliphatic carboxylic acids is 1. The second kappa shape index (κ2) is 6.16. The maximum absolute atomic E-state index is 11.1. The molecule has 0 aromatic heterocycles. The van der Waals surface area contributed by atoms with Crippen LogP contribution in [0.4, 0.5) is 0 Å². The molecular weight excluding hydrogens is 256 g/mol. The number of hydrogen-bond acceptors (Lipinski definition) is 3. The third-order valence-corrected chi connectivity index (χ3v) is 3.57. The van der Waals surface area contributed by atoms with E-state index in [9.17, 15) is 4.79 Å². The van der Waals surface area contributed by atoms with E-state index in [0.717, 1.165) is 18.4 Å². The summed E-state index contributed by atoms with van der Waals surface area (Å²) in [7, 11) is 1.61. The predicted octanol–water partition coefficient (Wildman–Crippen LogP) is 3.45. The minimum absolute atomic E-state index is 0.0105. The molecule has 0 heterocycles. The van der Waals surface area contributed by atoms with Crippen molar-refractivity contribution in [2.24, 2.45) is 5.92 Å². The number of benzene rings is 1. The molecule has 0 spiro atoms. The molecule has 0 saturated heterocycles. The van der Waals surface area contributed by atoms with Crippen molar-refractivity contribution in [2.75, 3.05) is 7.11 Å². The molecular formula is C16H22O4. The fourth-order valence-electron chi connectivity index (χ4n) is 2.56. The number of carbonyl (C=O) groups is 1.